The summed E-state index contributed by atoms with van der Waals surface area (Å²) in [7, 11) is 2.03. The summed E-state index contributed by atoms with van der Waals surface area (Å²) >= 11 is 0. The van der Waals surface area contributed by atoms with Crippen LogP contribution in [0.15, 0.2) is 41.4 Å². The number of halogens is 1. The van der Waals surface area contributed by atoms with Crippen molar-refractivity contribution in [1.82, 2.24) is 4.90 Å². The SMILES string of the molecule is CN(C(N)=NCc1cccc(N2CC=CC2)c1)C1CC1.I. The molecule has 0 bridgehead atoms. The van der Waals surface area contributed by atoms with Crippen LogP contribution in [0.3, 0.4) is 0 Å². The molecule has 1 aromatic carbocycles. The molecule has 1 aliphatic heterocycles. The smallest absolute Gasteiger partial charge is 0.191 e. The molecular formula is C16H23IN4. The number of benzene rings is 1. The Morgan fingerprint density at radius 2 is 2.05 bits per heavy atom. The van der Waals surface area contributed by atoms with Gasteiger partial charge in [-0.3, -0.25) is 0 Å². The van der Waals surface area contributed by atoms with Crippen molar-refractivity contribution in [2.24, 2.45) is 10.7 Å². The van der Waals surface area contributed by atoms with Crippen molar-refractivity contribution >= 4 is 35.6 Å². The zero-order chi connectivity index (χ0) is 13.9. The molecule has 5 heteroatoms. The van der Waals surface area contributed by atoms with Gasteiger partial charge in [0.2, 0.25) is 0 Å². The number of hydrogen-bond acceptors (Lipinski definition) is 2. The number of anilines is 1. The monoisotopic (exact) mass is 398 g/mol. The summed E-state index contributed by atoms with van der Waals surface area (Å²) in [6, 6.07) is 9.18. The van der Waals surface area contributed by atoms with E-state index in [0.717, 1.165) is 13.1 Å². The summed E-state index contributed by atoms with van der Waals surface area (Å²) < 4.78 is 0. The van der Waals surface area contributed by atoms with Crippen molar-refractivity contribution < 1.29 is 0 Å². The maximum absolute atomic E-state index is 6.02. The van der Waals surface area contributed by atoms with Gasteiger partial charge in [0.1, 0.15) is 0 Å². The molecule has 0 saturated heterocycles. The molecule has 0 atom stereocenters. The van der Waals surface area contributed by atoms with Gasteiger partial charge in [-0.05, 0) is 30.5 Å². The summed E-state index contributed by atoms with van der Waals surface area (Å²) in [4.78, 5) is 8.94. The maximum Gasteiger partial charge on any atom is 0.191 e. The summed E-state index contributed by atoms with van der Waals surface area (Å²) in [5, 5.41) is 0. The lowest BCUT2D eigenvalue weighted by atomic mass is 10.2. The largest absolute Gasteiger partial charge is 0.370 e. The van der Waals surface area contributed by atoms with Crippen molar-refractivity contribution in [3.63, 3.8) is 0 Å². The first-order valence-electron chi connectivity index (χ1n) is 7.25. The fourth-order valence-corrected chi connectivity index (χ4v) is 2.47. The molecule has 0 radical (unpaired) electrons. The summed E-state index contributed by atoms with van der Waals surface area (Å²) in [6.45, 7) is 2.65. The van der Waals surface area contributed by atoms with E-state index in [1.807, 2.05) is 7.05 Å². The molecule has 0 aromatic heterocycles. The molecule has 0 spiro atoms. The number of rotatable bonds is 4. The van der Waals surface area contributed by atoms with Gasteiger partial charge in [-0.15, -0.1) is 24.0 Å². The first kappa shape index (κ1) is 16.1. The fraction of sp³-hybridized carbons (Fsp3) is 0.438. The van der Waals surface area contributed by atoms with Gasteiger partial charge in [-0.1, -0.05) is 24.3 Å². The molecule has 2 aliphatic rings. The van der Waals surface area contributed by atoms with Gasteiger partial charge in [-0.25, -0.2) is 4.99 Å². The van der Waals surface area contributed by atoms with Gasteiger partial charge in [-0.2, -0.15) is 0 Å². The van der Waals surface area contributed by atoms with Crippen LogP contribution >= 0.6 is 24.0 Å². The molecule has 114 valence electrons. The molecule has 21 heavy (non-hydrogen) atoms. The average Bonchev–Trinajstić information content (AvgIpc) is 3.18. The molecule has 1 aliphatic carbocycles. The van der Waals surface area contributed by atoms with Gasteiger partial charge < -0.3 is 15.5 Å². The second kappa shape index (κ2) is 7.15. The van der Waals surface area contributed by atoms with E-state index in [2.05, 4.69) is 51.2 Å². The number of guanidine groups is 1. The van der Waals surface area contributed by atoms with Crippen LogP contribution in [0.2, 0.25) is 0 Å². The van der Waals surface area contributed by atoms with E-state index in [1.54, 1.807) is 0 Å². The van der Waals surface area contributed by atoms with E-state index < -0.39 is 0 Å². The van der Waals surface area contributed by atoms with Gasteiger partial charge in [0.05, 0.1) is 6.54 Å². The Kier molecular flexibility index (Phi) is 5.50. The Bertz CT molecular complexity index is 529. The van der Waals surface area contributed by atoms with Crippen LogP contribution in [0.25, 0.3) is 0 Å². The summed E-state index contributed by atoms with van der Waals surface area (Å²) in [5.74, 6) is 0.653. The highest BCUT2D eigenvalue weighted by Gasteiger charge is 2.27. The van der Waals surface area contributed by atoms with E-state index in [4.69, 9.17) is 5.73 Å². The van der Waals surface area contributed by atoms with Crippen LogP contribution in [0.4, 0.5) is 5.69 Å². The van der Waals surface area contributed by atoms with E-state index >= 15 is 0 Å². The Morgan fingerprint density at radius 1 is 1.33 bits per heavy atom. The number of nitrogens with two attached hydrogens (primary N) is 1. The Morgan fingerprint density at radius 3 is 2.71 bits per heavy atom. The van der Waals surface area contributed by atoms with Crippen LogP contribution in [-0.4, -0.2) is 37.0 Å². The Labute approximate surface area is 143 Å². The highest BCUT2D eigenvalue weighted by Crippen LogP contribution is 2.25. The Balaban J connectivity index is 0.00000161. The number of hydrogen-bond donors (Lipinski definition) is 1. The number of aliphatic imine (C=N–C) groups is 1. The second-order valence-corrected chi connectivity index (χ2v) is 5.56. The molecular weight excluding hydrogens is 375 g/mol. The lowest BCUT2D eigenvalue weighted by Gasteiger charge is -2.19. The third-order valence-corrected chi connectivity index (χ3v) is 3.97. The second-order valence-electron chi connectivity index (χ2n) is 5.56. The first-order valence-corrected chi connectivity index (χ1v) is 7.25. The lowest BCUT2D eigenvalue weighted by molar-refractivity contribution is 0.487. The van der Waals surface area contributed by atoms with Crippen LogP contribution in [0.1, 0.15) is 18.4 Å². The van der Waals surface area contributed by atoms with Gasteiger partial charge in [0, 0.05) is 31.9 Å². The van der Waals surface area contributed by atoms with Crippen molar-refractivity contribution in [2.45, 2.75) is 25.4 Å². The van der Waals surface area contributed by atoms with Crippen LogP contribution in [0.5, 0.6) is 0 Å². The molecule has 1 heterocycles. The van der Waals surface area contributed by atoms with Crippen molar-refractivity contribution in [3.05, 3.63) is 42.0 Å². The highest BCUT2D eigenvalue weighted by atomic mass is 127. The maximum atomic E-state index is 6.02. The van der Waals surface area contributed by atoms with Gasteiger partial charge in [0.15, 0.2) is 5.96 Å². The topological polar surface area (TPSA) is 44.9 Å². The van der Waals surface area contributed by atoms with Crippen molar-refractivity contribution in [2.75, 3.05) is 25.0 Å². The average molecular weight is 398 g/mol. The quantitative estimate of drug-likeness (QED) is 0.367. The first-order chi connectivity index (χ1) is 9.74. The summed E-state index contributed by atoms with van der Waals surface area (Å²) in [5.41, 5.74) is 8.49. The Hall–Kier alpha value is -1.24. The van der Waals surface area contributed by atoms with Crippen molar-refractivity contribution in [1.29, 1.82) is 0 Å². The van der Waals surface area contributed by atoms with Crippen LogP contribution in [-0.2, 0) is 6.54 Å². The van der Waals surface area contributed by atoms with Crippen LogP contribution < -0.4 is 10.6 Å². The summed E-state index contributed by atoms with van der Waals surface area (Å²) in [6.07, 6.45) is 6.88. The zero-order valence-corrected chi connectivity index (χ0v) is 14.7. The molecule has 4 nitrogen and oxygen atoms in total. The predicted octanol–water partition coefficient (Wildman–Crippen LogP) is 2.59. The molecule has 0 amide bonds. The fourth-order valence-electron chi connectivity index (χ4n) is 2.47. The zero-order valence-electron chi connectivity index (χ0n) is 12.4. The standard InChI is InChI=1S/C16H22N4.HI/c1-19(14-7-8-14)16(17)18-12-13-5-4-6-15(11-13)20-9-2-3-10-20;/h2-6,11,14H,7-10,12H2,1H3,(H2,17,18);1H. The number of nitrogens with zero attached hydrogens (tertiary/aromatic N) is 3. The predicted molar refractivity (Wildman–Crippen MR) is 99.3 cm³/mol. The third kappa shape index (κ3) is 4.12. The molecule has 1 fully saturated rings. The molecule has 1 aromatic rings. The molecule has 3 rings (SSSR count). The molecule has 2 N–H and O–H groups in total. The molecule has 0 unspecified atom stereocenters. The van der Waals surface area contributed by atoms with E-state index in [1.165, 1.54) is 24.1 Å². The molecule has 1 saturated carbocycles. The minimum absolute atomic E-state index is 0. The minimum atomic E-state index is 0. The van der Waals surface area contributed by atoms with Crippen molar-refractivity contribution in [3.8, 4) is 0 Å². The third-order valence-electron chi connectivity index (χ3n) is 3.97. The normalized spacial score (nSPS) is 17.8. The highest BCUT2D eigenvalue weighted by molar-refractivity contribution is 14.0. The van der Waals surface area contributed by atoms with Crippen LogP contribution in [0, 0.1) is 0 Å². The van der Waals surface area contributed by atoms with E-state index in [-0.39, 0.29) is 24.0 Å². The van der Waals surface area contributed by atoms with Gasteiger partial charge >= 0.3 is 0 Å². The lowest BCUT2D eigenvalue weighted by Crippen LogP contribution is -2.35. The van der Waals surface area contributed by atoms with E-state index in [9.17, 15) is 0 Å². The van der Waals surface area contributed by atoms with E-state index in [0.29, 0.717) is 18.5 Å². The minimum Gasteiger partial charge on any atom is -0.370 e. The van der Waals surface area contributed by atoms with Gasteiger partial charge in [0.25, 0.3) is 0 Å².